The van der Waals surface area contributed by atoms with E-state index in [1.165, 1.54) is 5.56 Å². The number of anilines is 1. The standard InChI is InChI=1S/C19H19N3O2S/c1-12-4-5-15(13(2)10-12)11-17(23)20-19-22-21-18(24-19)14-6-8-16(25-3)9-7-14/h4-10H,11H2,1-3H3,(H,20,22,23). The van der Waals surface area contributed by atoms with Crippen LogP contribution >= 0.6 is 11.8 Å². The second kappa shape index (κ2) is 7.53. The number of nitrogens with zero attached hydrogens (tertiary/aromatic N) is 2. The van der Waals surface area contributed by atoms with E-state index in [4.69, 9.17) is 4.42 Å². The van der Waals surface area contributed by atoms with Gasteiger partial charge in [-0.15, -0.1) is 16.9 Å². The maximum absolute atomic E-state index is 12.2. The topological polar surface area (TPSA) is 68.0 Å². The molecule has 0 spiro atoms. The van der Waals surface area contributed by atoms with Crippen LogP contribution in [-0.4, -0.2) is 22.4 Å². The van der Waals surface area contributed by atoms with E-state index in [-0.39, 0.29) is 18.3 Å². The van der Waals surface area contributed by atoms with Gasteiger partial charge in [-0.25, -0.2) is 0 Å². The number of thioether (sulfide) groups is 1. The van der Waals surface area contributed by atoms with Crippen molar-refractivity contribution < 1.29 is 9.21 Å². The smallest absolute Gasteiger partial charge is 0.322 e. The summed E-state index contributed by atoms with van der Waals surface area (Å²) in [6.07, 6.45) is 2.29. The normalized spacial score (nSPS) is 10.7. The number of rotatable bonds is 5. The van der Waals surface area contributed by atoms with E-state index >= 15 is 0 Å². The second-order valence-corrected chi connectivity index (χ2v) is 6.68. The van der Waals surface area contributed by atoms with Gasteiger partial charge in [0.05, 0.1) is 6.42 Å². The summed E-state index contributed by atoms with van der Waals surface area (Å²) in [7, 11) is 0. The van der Waals surface area contributed by atoms with Crippen molar-refractivity contribution >= 4 is 23.7 Å². The van der Waals surface area contributed by atoms with E-state index in [1.807, 2.05) is 56.5 Å². The van der Waals surface area contributed by atoms with Crippen LogP contribution in [0.2, 0.25) is 0 Å². The lowest BCUT2D eigenvalue weighted by atomic mass is 10.0. The molecular weight excluding hydrogens is 334 g/mol. The van der Waals surface area contributed by atoms with Crippen LogP contribution in [0.1, 0.15) is 16.7 Å². The van der Waals surface area contributed by atoms with E-state index < -0.39 is 0 Å². The molecule has 25 heavy (non-hydrogen) atoms. The number of benzene rings is 2. The predicted molar refractivity (Wildman–Crippen MR) is 99.8 cm³/mol. The van der Waals surface area contributed by atoms with E-state index in [0.717, 1.165) is 21.6 Å². The molecule has 0 radical (unpaired) electrons. The third kappa shape index (κ3) is 4.28. The number of aryl methyl sites for hydroxylation is 2. The van der Waals surface area contributed by atoms with Crippen molar-refractivity contribution in [1.82, 2.24) is 10.2 Å². The summed E-state index contributed by atoms with van der Waals surface area (Å²) in [5, 5.41) is 10.6. The summed E-state index contributed by atoms with van der Waals surface area (Å²) < 4.78 is 5.54. The van der Waals surface area contributed by atoms with Gasteiger partial charge in [-0.05, 0) is 55.5 Å². The average molecular weight is 353 g/mol. The maximum Gasteiger partial charge on any atom is 0.322 e. The highest BCUT2D eigenvalue weighted by molar-refractivity contribution is 7.98. The third-order valence-corrected chi connectivity index (χ3v) is 4.60. The van der Waals surface area contributed by atoms with Gasteiger partial charge < -0.3 is 4.42 Å². The minimum atomic E-state index is -0.181. The fourth-order valence-electron chi connectivity index (χ4n) is 2.50. The first-order chi connectivity index (χ1) is 12.0. The maximum atomic E-state index is 12.2. The van der Waals surface area contributed by atoms with Gasteiger partial charge in [0.15, 0.2) is 0 Å². The average Bonchev–Trinajstić information content (AvgIpc) is 3.06. The molecule has 2 aromatic carbocycles. The van der Waals surface area contributed by atoms with E-state index in [1.54, 1.807) is 11.8 Å². The number of carbonyl (C=O) groups is 1. The molecule has 1 heterocycles. The fourth-order valence-corrected chi connectivity index (χ4v) is 2.91. The number of hydrogen-bond acceptors (Lipinski definition) is 5. The molecule has 0 fully saturated rings. The van der Waals surface area contributed by atoms with Gasteiger partial charge >= 0.3 is 6.01 Å². The quantitative estimate of drug-likeness (QED) is 0.694. The monoisotopic (exact) mass is 353 g/mol. The number of aromatic nitrogens is 2. The Kier molecular flexibility index (Phi) is 5.19. The Labute approximate surface area is 150 Å². The van der Waals surface area contributed by atoms with Crippen LogP contribution < -0.4 is 5.32 Å². The van der Waals surface area contributed by atoms with Gasteiger partial charge in [0.2, 0.25) is 11.8 Å². The van der Waals surface area contributed by atoms with Crippen molar-refractivity contribution in [2.45, 2.75) is 25.2 Å². The molecule has 0 atom stereocenters. The van der Waals surface area contributed by atoms with Crippen LogP contribution in [0.3, 0.4) is 0 Å². The van der Waals surface area contributed by atoms with Crippen molar-refractivity contribution in [1.29, 1.82) is 0 Å². The molecule has 128 valence electrons. The zero-order chi connectivity index (χ0) is 17.8. The lowest BCUT2D eigenvalue weighted by Gasteiger charge is -2.06. The molecule has 0 bridgehead atoms. The third-order valence-electron chi connectivity index (χ3n) is 3.86. The Morgan fingerprint density at radius 1 is 1.12 bits per heavy atom. The van der Waals surface area contributed by atoms with Crippen LogP contribution in [0, 0.1) is 13.8 Å². The van der Waals surface area contributed by atoms with Gasteiger partial charge in [0.25, 0.3) is 0 Å². The molecule has 3 rings (SSSR count). The van der Waals surface area contributed by atoms with Crippen LogP contribution in [0.25, 0.3) is 11.5 Å². The number of carbonyl (C=O) groups excluding carboxylic acids is 1. The Morgan fingerprint density at radius 2 is 1.88 bits per heavy atom. The molecule has 0 aliphatic rings. The summed E-state index contributed by atoms with van der Waals surface area (Å²) in [4.78, 5) is 13.4. The van der Waals surface area contributed by atoms with E-state index in [9.17, 15) is 4.79 Å². The summed E-state index contributed by atoms with van der Waals surface area (Å²) >= 11 is 1.67. The van der Waals surface area contributed by atoms with E-state index in [0.29, 0.717) is 5.89 Å². The molecule has 0 saturated carbocycles. The minimum absolute atomic E-state index is 0.110. The first-order valence-electron chi connectivity index (χ1n) is 7.89. The SMILES string of the molecule is CSc1ccc(-c2nnc(NC(=O)Cc3ccc(C)cc3C)o2)cc1. The van der Waals surface area contributed by atoms with Crippen molar-refractivity contribution in [3.63, 3.8) is 0 Å². The first kappa shape index (κ1) is 17.2. The molecule has 0 aliphatic carbocycles. The zero-order valence-corrected chi connectivity index (χ0v) is 15.2. The molecule has 5 nitrogen and oxygen atoms in total. The van der Waals surface area contributed by atoms with Gasteiger partial charge in [0, 0.05) is 10.5 Å². The molecule has 6 heteroatoms. The largest absolute Gasteiger partial charge is 0.403 e. The molecule has 0 aliphatic heterocycles. The van der Waals surface area contributed by atoms with Crippen molar-refractivity contribution in [2.24, 2.45) is 0 Å². The van der Waals surface area contributed by atoms with Crippen molar-refractivity contribution in [3.05, 3.63) is 59.2 Å². The highest BCUT2D eigenvalue weighted by Crippen LogP contribution is 2.23. The lowest BCUT2D eigenvalue weighted by Crippen LogP contribution is -2.15. The summed E-state index contributed by atoms with van der Waals surface area (Å²) in [5.74, 6) is 0.203. The van der Waals surface area contributed by atoms with Crippen molar-refractivity contribution in [2.75, 3.05) is 11.6 Å². The Morgan fingerprint density at radius 3 is 2.56 bits per heavy atom. The molecule has 3 aromatic rings. The molecule has 1 N–H and O–H groups in total. The fraction of sp³-hybridized carbons (Fsp3) is 0.211. The van der Waals surface area contributed by atoms with Crippen LogP contribution in [0.5, 0.6) is 0 Å². The van der Waals surface area contributed by atoms with Crippen LogP contribution in [0.4, 0.5) is 6.01 Å². The summed E-state index contributed by atoms with van der Waals surface area (Å²) in [6, 6.07) is 14.0. The number of nitrogens with one attached hydrogen (secondary N) is 1. The lowest BCUT2D eigenvalue weighted by molar-refractivity contribution is -0.115. The molecular formula is C19H19N3O2S. The molecule has 1 amide bonds. The molecule has 0 unspecified atom stereocenters. The predicted octanol–water partition coefficient (Wildman–Crippen LogP) is 4.26. The van der Waals surface area contributed by atoms with Gasteiger partial charge in [0.1, 0.15) is 0 Å². The first-order valence-corrected chi connectivity index (χ1v) is 9.11. The van der Waals surface area contributed by atoms with Gasteiger partial charge in [-0.2, -0.15) is 0 Å². The Balaban J connectivity index is 1.67. The number of amides is 1. The highest BCUT2D eigenvalue weighted by atomic mass is 32.2. The summed E-state index contributed by atoms with van der Waals surface area (Å²) in [6.45, 7) is 4.03. The Bertz CT molecular complexity index is 888. The van der Waals surface area contributed by atoms with Crippen LogP contribution in [0.15, 0.2) is 51.8 Å². The molecule has 1 aromatic heterocycles. The Hall–Kier alpha value is -2.60. The second-order valence-electron chi connectivity index (χ2n) is 5.80. The number of hydrogen-bond donors (Lipinski definition) is 1. The summed E-state index contributed by atoms with van der Waals surface area (Å²) in [5.41, 5.74) is 4.07. The molecule has 0 saturated heterocycles. The van der Waals surface area contributed by atoms with Crippen molar-refractivity contribution in [3.8, 4) is 11.5 Å². The zero-order valence-electron chi connectivity index (χ0n) is 14.4. The van der Waals surface area contributed by atoms with E-state index in [2.05, 4.69) is 21.6 Å². The van der Waals surface area contributed by atoms with Crippen LogP contribution in [-0.2, 0) is 11.2 Å². The van der Waals surface area contributed by atoms with Gasteiger partial charge in [-0.1, -0.05) is 28.9 Å². The highest BCUT2D eigenvalue weighted by Gasteiger charge is 2.12. The van der Waals surface area contributed by atoms with Gasteiger partial charge in [-0.3, -0.25) is 10.1 Å². The minimum Gasteiger partial charge on any atom is -0.403 e.